The Bertz CT molecular complexity index is 840. The number of furan rings is 1. The van der Waals surface area contributed by atoms with Crippen molar-refractivity contribution in [2.24, 2.45) is 0 Å². The standard InChI is InChI=1S/C20H20N2O3S/c1-14(12-17-4-2-10-25-17)22-19(23)16-8-6-15(7-9-16)13-21-20(24)18-5-3-11-26-18/h2-11,14H,12-13H2,1H3,(H,21,24)(H,22,23). The average molecular weight is 368 g/mol. The van der Waals surface area contributed by atoms with Crippen molar-refractivity contribution >= 4 is 23.2 Å². The van der Waals surface area contributed by atoms with E-state index < -0.39 is 0 Å². The van der Waals surface area contributed by atoms with Crippen LogP contribution in [0.25, 0.3) is 0 Å². The number of hydrogen-bond acceptors (Lipinski definition) is 4. The van der Waals surface area contributed by atoms with Gasteiger partial charge in [-0.05, 0) is 48.2 Å². The van der Waals surface area contributed by atoms with Crippen LogP contribution in [0.5, 0.6) is 0 Å². The van der Waals surface area contributed by atoms with Crippen molar-refractivity contribution in [3.63, 3.8) is 0 Å². The van der Waals surface area contributed by atoms with Gasteiger partial charge in [-0.3, -0.25) is 9.59 Å². The van der Waals surface area contributed by atoms with Gasteiger partial charge in [-0.25, -0.2) is 0 Å². The zero-order valence-corrected chi connectivity index (χ0v) is 15.2. The molecule has 0 saturated heterocycles. The highest BCUT2D eigenvalue weighted by Gasteiger charge is 2.12. The number of carbonyl (C=O) groups is 2. The van der Waals surface area contributed by atoms with Gasteiger partial charge < -0.3 is 15.1 Å². The molecule has 3 aromatic rings. The first-order valence-electron chi connectivity index (χ1n) is 8.35. The first-order valence-corrected chi connectivity index (χ1v) is 9.23. The van der Waals surface area contributed by atoms with Gasteiger partial charge >= 0.3 is 0 Å². The monoisotopic (exact) mass is 368 g/mol. The van der Waals surface area contributed by atoms with E-state index in [-0.39, 0.29) is 17.9 Å². The number of nitrogens with one attached hydrogen (secondary N) is 2. The number of carbonyl (C=O) groups excluding carboxylic acids is 2. The van der Waals surface area contributed by atoms with Gasteiger partial charge in [0.15, 0.2) is 0 Å². The van der Waals surface area contributed by atoms with Crippen molar-refractivity contribution in [1.29, 1.82) is 0 Å². The van der Waals surface area contributed by atoms with Crippen molar-refractivity contribution in [2.75, 3.05) is 0 Å². The quantitative estimate of drug-likeness (QED) is 0.669. The van der Waals surface area contributed by atoms with Gasteiger partial charge in [0.05, 0.1) is 11.1 Å². The molecule has 5 nitrogen and oxygen atoms in total. The Labute approximate surface area is 156 Å². The third-order valence-electron chi connectivity index (χ3n) is 3.88. The van der Waals surface area contributed by atoms with Crippen LogP contribution in [0.3, 0.4) is 0 Å². The second-order valence-corrected chi connectivity index (χ2v) is 6.96. The summed E-state index contributed by atoms with van der Waals surface area (Å²) < 4.78 is 5.30. The van der Waals surface area contributed by atoms with Crippen LogP contribution in [-0.4, -0.2) is 17.9 Å². The van der Waals surface area contributed by atoms with Gasteiger partial charge in [0.2, 0.25) is 0 Å². The van der Waals surface area contributed by atoms with Gasteiger partial charge in [-0.2, -0.15) is 0 Å². The van der Waals surface area contributed by atoms with E-state index in [2.05, 4.69) is 10.6 Å². The lowest BCUT2D eigenvalue weighted by molar-refractivity contribution is 0.0934. The van der Waals surface area contributed by atoms with Crippen molar-refractivity contribution in [1.82, 2.24) is 10.6 Å². The molecule has 1 aromatic carbocycles. The molecule has 0 aliphatic rings. The Morgan fingerprint density at radius 2 is 1.88 bits per heavy atom. The minimum atomic E-state index is -0.127. The maximum Gasteiger partial charge on any atom is 0.261 e. The molecule has 134 valence electrons. The SMILES string of the molecule is CC(Cc1ccco1)NC(=O)c1ccc(CNC(=O)c2cccs2)cc1. The smallest absolute Gasteiger partial charge is 0.261 e. The summed E-state index contributed by atoms with van der Waals surface area (Å²) in [6, 6.07) is 14.6. The summed E-state index contributed by atoms with van der Waals surface area (Å²) in [6.45, 7) is 2.36. The summed E-state index contributed by atoms with van der Waals surface area (Å²) in [7, 11) is 0. The van der Waals surface area contributed by atoms with Crippen LogP contribution in [0.1, 0.15) is 38.3 Å². The lowest BCUT2D eigenvalue weighted by Gasteiger charge is -2.13. The van der Waals surface area contributed by atoms with Crippen LogP contribution in [0.2, 0.25) is 0 Å². The first kappa shape index (κ1) is 17.9. The fraction of sp³-hybridized carbons (Fsp3) is 0.200. The lowest BCUT2D eigenvalue weighted by atomic mass is 10.1. The molecule has 2 heterocycles. The third-order valence-corrected chi connectivity index (χ3v) is 4.75. The molecule has 0 radical (unpaired) electrons. The number of amides is 2. The van der Waals surface area contributed by atoms with E-state index in [0.717, 1.165) is 11.3 Å². The van der Waals surface area contributed by atoms with Crippen LogP contribution in [-0.2, 0) is 13.0 Å². The minimum absolute atomic E-state index is 0.0292. The number of thiophene rings is 1. The maximum atomic E-state index is 12.3. The van der Waals surface area contributed by atoms with Crippen LogP contribution in [0.15, 0.2) is 64.6 Å². The van der Waals surface area contributed by atoms with E-state index in [0.29, 0.717) is 23.4 Å². The molecule has 6 heteroatoms. The highest BCUT2D eigenvalue weighted by atomic mass is 32.1. The summed E-state index contributed by atoms with van der Waals surface area (Å²) in [4.78, 5) is 24.9. The number of rotatable bonds is 7. The minimum Gasteiger partial charge on any atom is -0.469 e. The first-order chi connectivity index (χ1) is 12.6. The fourth-order valence-corrected chi connectivity index (χ4v) is 3.18. The van der Waals surface area contributed by atoms with Crippen molar-refractivity contribution in [2.45, 2.75) is 25.9 Å². The average Bonchev–Trinajstić information content (AvgIpc) is 3.33. The topological polar surface area (TPSA) is 71.3 Å². The molecule has 1 atom stereocenters. The molecule has 0 aliphatic heterocycles. The Balaban J connectivity index is 1.50. The van der Waals surface area contributed by atoms with E-state index in [1.165, 1.54) is 11.3 Å². The van der Waals surface area contributed by atoms with Crippen LogP contribution >= 0.6 is 11.3 Å². The molecule has 3 rings (SSSR count). The summed E-state index contributed by atoms with van der Waals surface area (Å²) in [5.74, 6) is 0.626. The van der Waals surface area contributed by atoms with Gasteiger partial charge in [0.25, 0.3) is 11.8 Å². The van der Waals surface area contributed by atoms with Crippen molar-refractivity contribution in [3.05, 3.63) is 81.9 Å². The number of benzene rings is 1. The molecule has 2 N–H and O–H groups in total. The van der Waals surface area contributed by atoms with Crippen LogP contribution in [0.4, 0.5) is 0 Å². The molecule has 0 saturated carbocycles. The summed E-state index contributed by atoms with van der Waals surface area (Å²) >= 11 is 1.41. The highest BCUT2D eigenvalue weighted by Crippen LogP contribution is 2.10. The molecule has 0 bridgehead atoms. The lowest BCUT2D eigenvalue weighted by Crippen LogP contribution is -2.34. The molecule has 0 aliphatic carbocycles. The van der Waals surface area contributed by atoms with Crippen LogP contribution in [0, 0.1) is 0 Å². The predicted molar refractivity (Wildman–Crippen MR) is 101 cm³/mol. The van der Waals surface area contributed by atoms with E-state index >= 15 is 0 Å². The molecule has 0 fully saturated rings. The predicted octanol–water partition coefficient (Wildman–Crippen LogP) is 3.63. The van der Waals surface area contributed by atoms with Gasteiger partial charge in [0, 0.05) is 24.6 Å². The third kappa shape index (κ3) is 4.83. The second-order valence-electron chi connectivity index (χ2n) is 6.01. The number of hydrogen-bond donors (Lipinski definition) is 2. The molecular formula is C20H20N2O3S. The second kappa shape index (κ2) is 8.49. The van der Waals surface area contributed by atoms with E-state index in [1.54, 1.807) is 24.5 Å². The van der Waals surface area contributed by atoms with Gasteiger partial charge in [0.1, 0.15) is 5.76 Å². The Hall–Kier alpha value is -2.86. The summed E-state index contributed by atoms with van der Waals surface area (Å²) in [6.07, 6.45) is 2.27. The molecule has 26 heavy (non-hydrogen) atoms. The van der Waals surface area contributed by atoms with E-state index in [1.807, 2.05) is 42.6 Å². The zero-order valence-electron chi connectivity index (χ0n) is 14.4. The largest absolute Gasteiger partial charge is 0.469 e. The zero-order chi connectivity index (χ0) is 18.4. The molecule has 1 unspecified atom stereocenters. The van der Waals surface area contributed by atoms with Crippen molar-refractivity contribution in [3.8, 4) is 0 Å². The highest BCUT2D eigenvalue weighted by molar-refractivity contribution is 7.12. The molecule has 2 aromatic heterocycles. The van der Waals surface area contributed by atoms with Gasteiger partial charge in [-0.15, -0.1) is 11.3 Å². The molecule has 0 spiro atoms. The van der Waals surface area contributed by atoms with Gasteiger partial charge in [-0.1, -0.05) is 18.2 Å². The Morgan fingerprint density at radius 1 is 1.08 bits per heavy atom. The van der Waals surface area contributed by atoms with Crippen LogP contribution < -0.4 is 10.6 Å². The maximum absolute atomic E-state index is 12.3. The van der Waals surface area contributed by atoms with E-state index in [4.69, 9.17) is 4.42 Å². The molecular weight excluding hydrogens is 348 g/mol. The molecule has 2 amide bonds. The van der Waals surface area contributed by atoms with Crippen molar-refractivity contribution < 1.29 is 14.0 Å². The normalized spacial score (nSPS) is 11.7. The Morgan fingerprint density at radius 3 is 2.54 bits per heavy atom. The fourth-order valence-electron chi connectivity index (χ4n) is 2.54. The Kier molecular flexibility index (Phi) is 5.86. The summed E-state index contributed by atoms with van der Waals surface area (Å²) in [5.41, 5.74) is 1.53. The van der Waals surface area contributed by atoms with E-state index in [9.17, 15) is 9.59 Å². The summed E-state index contributed by atoms with van der Waals surface area (Å²) in [5, 5.41) is 7.69.